The molecule has 0 atom stereocenters. The van der Waals surface area contributed by atoms with E-state index in [0.29, 0.717) is 5.52 Å². The predicted molar refractivity (Wildman–Crippen MR) is 60.1 cm³/mol. The molecule has 0 saturated carbocycles. The molecule has 0 aliphatic rings. The molecule has 2 aromatic rings. The van der Waals surface area contributed by atoms with Crippen LogP contribution in [0.4, 0.5) is 0 Å². The second-order valence-corrected chi connectivity index (χ2v) is 3.67. The second kappa shape index (κ2) is 3.48. The Morgan fingerprint density at radius 2 is 2.06 bits per heavy atom. The molecule has 0 bridgehead atoms. The van der Waals surface area contributed by atoms with E-state index in [2.05, 4.69) is 0 Å². The number of nitrogens with zero attached hydrogens (tertiary/aromatic N) is 1. The van der Waals surface area contributed by atoms with E-state index in [1.807, 2.05) is 0 Å². The molecular formula is C12H11NO3. The quantitative estimate of drug-likeness (QED) is 0.737. The molecule has 0 spiro atoms. The van der Waals surface area contributed by atoms with E-state index < -0.39 is 0 Å². The van der Waals surface area contributed by atoms with E-state index in [4.69, 9.17) is 0 Å². The van der Waals surface area contributed by atoms with E-state index in [1.165, 1.54) is 18.2 Å². The lowest BCUT2D eigenvalue weighted by molar-refractivity contribution is 0.101. The van der Waals surface area contributed by atoms with Crippen LogP contribution in [0.25, 0.3) is 5.52 Å². The van der Waals surface area contributed by atoms with Crippen molar-refractivity contribution in [1.82, 2.24) is 4.40 Å². The first-order valence-electron chi connectivity index (χ1n) is 4.88. The Bertz CT molecular complexity index is 640. The number of ketones is 1. The number of carbonyl (C=O) groups excluding carboxylic acids is 1. The molecule has 0 amide bonds. The smallest absolute Gasteiger partial charge is 0.261 e. The minimum atomic E-state index is -0.307. The lowest BCUT2D eigenvalue weighted by atomic mass is 10.1. The van der Waals surface area contributed by atoms with Gasteiger partial charge in [0.2, 0.25) is 0 Å². The fraction of sp³-hybridized carbons (Fsp3) is 0.167. The third-order valence-electron chi connectivity index (χ3n) is 2.60. The molecule has 0 unspecified atom stereocenters. The SMILES string of the molecule is CC(=O)c1c(O)c(C)c(=O)n2ccccc12. The van der Waals surface area contributed by atoms with Crippen molar-refractivity contribution in [3.8, 4) is 5.75 Å². The van der Waals surface area contributed by atoms with Gasteiger partial charge < -0.3 is 5.11 Å². The van der Waals surface area contributed by atoms with Crippen molar-refractivity contribution in [2.24, 2.45) is 0 Å². The highest BCUT2D eigenvalue weighted by molar-refractivity contribution is 6.03. The summed E-state index contributed by atoms with van der Waals surface area (Å²) in [5.41, 5.74) is 0.507. The first-order valence-corrected chi connectivity index (χ1v) is 4.88. The van der Waals surface area contributed by atoms with Crippen LogP contribution in [-0.2, 0) is 0 Å². The fourth-order valence-electron chi connectivity index (χ4n) is 1.76. The molecule has 4 nitrogen and oxygen atoms in total. The standard InChI is InChI=1S/C12H11NO3/c1-7-11(15)10(8(2)14)9-5-3-4-6-13(9)12(7)16/h3-6,15H,1-2H3. The van der Waals surface area contributed by atoms with Crippen molar-refractivity contribution >= 4 is 11.3 Å². The number of hydrogen-bond acceptors (Lipinski definition) is 3. The van der Waals surface area contributed by atoms with Gasteiger partial charge in [-0.15, -0.1) is 0 Å². The second-order valence-electron chi connectivity index (χ2n) is 3.67. The zero-order valence-corrected chi connectivity index (χ0v) is 9.02. The number of fused-ring (bicyclic) bond motifs is 1. The molecule has 2 rings (SSSR count). The van der Waals surface area contributed by atoms with Crippen LogP contribution in [0, 0.1) is 6.92 Å². The van der Waals surface area contributed by atoms with Crippen LogP contribution >= 0.6 is 0 Å². The van der Waals surface area contributed by atoms with E-state index in [-0.39, 0.29) is 28.2 Å². The van der Waals surface area contributed by atoms with Crippen LogP contribution in [0.15, 0.2) is 29.2 Å². The first-order chi connectivity index (χ1) is 7.54. The largest absolute Gasteiger partial charge is 0.507 e. The summed E-state index contributed by atoms with van der Waals surface area (Å²) < 4.78 is 1.37. The van der Waals surface area contributed by atoms with E-state index >= 15 is 0 Å². The van der Waals surface area contributed by atoms with E-state index in [1.54, 1.807) is 24.4 Å². The molecule has 0 aliphatic heterocycles. The van der Waals surface area contributed by atoms with Crippen molar-refractivity contribution < 1.29 is 9.90 Å². The van der Waals surface area contributed by atoms with Crippen molar-refractivity contribution in [1.29, 1.82) is 0 Å². The number of hydrogen-bond donors (Lipinski definition) is 1. The van der Waals surface area contributed by atoms with Crippen molar-refractivity contribution in [3.63, 3.8) is 0 Å². The highest BCUT2D eigenvalue weighted by Crippen LogP contribution is 2.23. The predicted octanol–water partition coefficient (Wildman–Crippen LogP) is 1.52. The van der Waals surface area contributed by atoms with Crippen LogP contribution in [0.1, 0.15) is 22.8 Å². The number of aromatic nitrogens is 1. The first kappa shape index (κ1) is 10.4. The van der Waals surface area contributed by atoms with Gasteiger partial charge in [0.05, 0.1) is 16.6 Å². The molecule has 0 aromatic carbocycles. The van der Waals surface area contributed by atoms with Crippen LogP contribution in [0.5, 0.6) is 5.75 Å². The number of aromatic hydroxyl groups is 1. The Morgan fingerprint density at radius 3 is 2.69 bits per heavy atom. The molecule has 0 radical (unpaired) electrons. The summed E-state index contributed by atoms with van der Waals surface area (Å²) in [6.07, 6.45) is 1.58. The maximum Gasteiger partial charge on any atom is 0.261 e. The maximum atomic E-state index is 11.8. The molecule has 4 heteroatoms. The van der Waals surface area contributed by atoms with Gasteiger partial charge in [0.25, 0.3) is 5.56 Å². The summed E-state index contributed by atoms with van der Waals surface area (Å²) >= 11 is 0. The van der Waals surface area contributed by atoms with Gasteiger partial charge in [0.1, 0.15) is 5.75 Å². The van der Waals surface area contributed by atoms with Crippen LogP contribution in [0.3, 0.4) is 0 Å². The lowest BCUT2D eigenvalue weighted by Crippen LogP contribution is -2.18. The van der Waals surface area contributed by atoms with Crippen LogP contribution < -0.4 is 5.56 Å². The molecule has 2 heterocycles. The fourth-order valence-corrected chi connectivity index (χ4v) is 1.76. The third kappa shape index (κ3) is 1.31. The summed E-state index contributed by atoms with van der Waals surface area (Å²) in [6.45, 7) is 2.87. The van der Waals surface area contributed by atoms with E-state index in [9.17, 15) is 14.7 Å². The summed E-state index contributed by atoms with van der Waals surface area (Å²) in [7, 11) is 0. The van der Waals surface area contributed by atoms with Gasteiger partial charge in [0.15, 0.2) is 5.78 Å². The van der Waals surface area contributed by atoms with E-state index in [0.717, 1.165) is 0 Å². The minimum Gasteiger partial charge on any atom is -0.507 e. The average Bonchev–Trinajstić information content (AvgIpc) is 2.26. The molecule has 82 valence electrons. The van der Waals surface area contributed by atoms with Crippen LogP contribution in [-0.4, -0.2) is 15.3 Å². The number of Topliss-reactive ketones (excluding diaryl/α,β-unsaturated/α-hetero) is 1. The highest BCUT2D eigenvalue weighted by Gasteiger charge is 2.16. The maximum absolute atomic E-state index is 11.8. The zero-order chi connectivity index (χ0) is 11.9. The van der Waals surface area contributed by atoms with Gasteiger partial charge >= 0.3 is 0 Å². The normalized spacial score (nSPS) is 10.6. The van der Waals surface area contributed by atoms with Crippen LogP contribution in [0.2, 0.25) is 0 Å². The van der Waals surface area contributed by atoms with Gasteiger partial charge in [-0.05, 0) is 26.0 Å². The Morgan fingerprint density at radius 1 is 1.38 bits per heavy atom. The number of pyridine rings is 2. The molecule has 0 fully saturated rings. The van der Waals surface area contributed by atoms with Gasteiger partial charge in [-0.25, -0.2) is 0 Å². The molecule has 16 heavy (non-hydrogen) atoms. The molecule has 0 aliphatic carbocycles. The Kier molecular flexibility index (Phi) is 2.27. The monoisotopic (exact) mass is 217 g/mol. The topological polar surface area (TPSA) is 58.8 Å². The summed E-state index contributed by atoms with van der Waals surface area (Å²) in [5, 5.41) is 9.81. The highest BCUT2D eigenvalue weighted by atomic mass is 16.3. The van der Waals surface area contributed by atoms with Gasteiger partial charge in [0, 0.05) is 6.20 Å². The van der Waals surface area contributed by atoms with Crippen molar-refractivity contribution in [3.05, 3.63) is 45.9 Å². The molecular weight excluding hydrogens is 206 g/mol. The van der Waals surface area contributed by atoms with Gasteiger partial charge in [-0.1, -0.05) is 6.07 Å². The lowest BCUT2D eigenvalue weighted by Gasteiger charge is -2.09. The van der Waals surface area contributed by atoms with Gasteiger partial charge in [-0.3, -0.25) is 14.0 Å². The number of rotatable bonds is 1. The van der Waals surface area contributed by atoms with Gasteiger partial charge in [-0.2, -0.15) is 0 Å². The summed E-state index contributed by atoms with van der Waals surface area (Å²) in [5.74, 6) is -0.479. The zero-order valence-electron chi connectivity index (χ0n) is 9.02. The third-order valence-corrected chi connectivity index (χ3v) is 2.60. The Labute approximate surface area is 91.8 Å². The Hall–Kier alpha value is -2.10. The number of carbonyl (C=O) groups is 1. The molecule has 0 saturated heterocycles. The average molecular weight is 217 g/mol. The van der Waals surface area contributed by atoms with Crippen molar-refractivity contribution in [2.45, 2.75) is 13.8 Å². The summed E-state index contributed by atoms with van der Waals surface area (Å²) in [4.78, 5) is 23.3. The molecule has 1 N–H and O–H groups in total. The Balaban J connectivity index is 3.10. The minimum absolute atomic E-state index is 0.189. The summed E-state index contributed by atoms with van der Waals surface area (Å²) in [6, 6.07) is 5.06. The molecule has 2 aromatic heterocycles. The van der Waals surface area contributed by atoms with Crippen molar-refractivity contribution in [2.75, 3.05) is 0 Å².